The molecule has 1 aliphatic rings. The molecule has 0 bridgehead atoms. The number of hydrogen-bond acceptors (Lipinski definition) is 0. The van der Waals surface area contributed by atoms with Crippen LogP contribution in [0.3, 0.4) is 0 Å². The highest BCUT2D eigenvalue weighted by atomic mass is 15.4. The summed E-state index contributed by atoms with van der Waals surface area (Å²) in [5, 5.41) is 0. The fraction of sp³-hybridized carbons (Fsp3) is 1.00. The topological polar surface area (TPSA) is 6.02 Å². The molecule has 11 heavy (non-hydrogen) atoms. The molecule has 0 aromatic heterocycles. The Kier molecular flexibility index (Phi) is 2.04. The van der Waals surface area contributed by atoms with Gasteiger partial charge in [0.2, 0.25) is 13.1 Å². The van der Waals surface area contributed by atoms with Crippen LogP contribution in [0.1, 0.15) is 20.8 Å². The van der Waals surface area contributed by atoms with E-state index < -0.39 is 0 Å². The van der Waals surface area contributed by atoms with Gasteiger partial charge in [-0.15, -0.1) is 0 Å². The van der Waals surface area contributed by atoms with Crippen LogP contribution in [0.2, 0.25) is 0 Å². The molecule has 0 amide bonds. The minimum atomic E-state index is 0.457. The molecule has 0 spiro atoms. The van der Waals surface area contributed by atoms with Crippen LogP contribution in [0.25, 0.3) is 0 Å². The Labute approximate surface area is 69.5 Å². The molecule has 0 saturated heterocycles. The fourth-order valence-electron chi connectivity index (χ4n) is 1.52. The second kappa shape index (κ2) is 2.58. The third kappa shape index (κ3) is 1.79. The van der Waals surface area contributed by atoms with Gasteiger partial charge in [0.05, 0.1) is 5.92 Å². The summed E-state index contributed by atoms with van der Waals surface area (Å²) in [6, 6.07) is 0. The van der Waals surface area contributed by atoms with Crippen molar-refractivity contribution in [3.05, 3.63) is 0 Å². The van der Waals surface area contributed by atoms with Gasteiger partial charge in [-0.05, 0) is 14.8 Å². The van der Waals surface area contributed by atoms with E-state index in [1.54, 1.807) is 0 Å². The molecule has 1 heterocycles. The van der Waals surface area contributed by atoms with Crippen molar-refractivity contribution in [2.75, 3.05) is 27.2 Å². The molecule has 0 atom stereocenters. The van der Waals surface area contributed by atoms with Crippen LogP contribution in [-0.2, 0) is 0 Å². The first-order valence-electron chi connectivity index (χ1n) is 4.33. The van der Waals surface area contributed by atoms with E-state index in [1.807, 2.05) is 0 Å². The smallest absolute Gasteiger partial charge is 0.0594 e. The molecule has 0 fully saturated rings. The van der Waals surface area contributed by atoms with E-state index in [2.05, 4.69) is 44.3 Å². The maximum atomic E-state index is 2.32. The molecular weight excluding hydrogens is 136 g/mol. The van der Waals surface area contributed by atoms with Gasteiger partial charge in [-0.3, -0.25) is 0 Å². The minimum absolute atomic E-state index is 0.457. The molecular formula is C9H20N2+2. The summed E-state index contributed by atoms with van der Waals surface area (Å²) in [6.45, 7) is 9.39. The first kappa shape index (κ1) is 8.69. The van der Waals surface area contributed by atoms with Gasteiger partial charge >= 0.3 is 0 Å². The number of rotatable bonds is 0. The highest BCUT2D eigenvalue weighted by Crippen LogP contribution is 2.28. The summed E-state index contributed by atoms with van der Waals surface area (Å²) in [6.07, 6.45) is 0. The van der Waals surface area contributed by atoms with Crippen LogP contribution in [0.15, 0.2) is 0 Å². The summed E-state index contributed by atoms with van der Waals surface area (Å²) in [5.41, 5.74) is 0.457. The second-order valence-electron chi connectivity index (χ2n) is 4.74. The first-order valence-corrected chi connectivity index (χ1v) is 4.33. The zero-order valence-corrected chi connectivity index (χ0v) is 8.39. The van der Waals surface area contributed by atoms with Crippen molar-refractivity contribution in [2.24, 2.45) is 11.3 Å². The molecule has 0 unspecified atom stereocenters. The van der Waals surface area contributed by atoms with E-state index in [0.29, 0.717) is 5.41 Å². The molecule has 0 aromatic carbocycles. The van der Waals surface area contributed by atoms with E-state index >= 15 is 0 Å². The SMILES string of the molecule is C[N+]1=[N+](C)CC(C(C)(C)C)C1. The lowest BCUT2D eigenvalue weighted by Crippen LogP contribution is -2.25. The molecule has 0 saturated carbocycles. The Hall–Kier alpha value is -0.400. The average molecular weight is 156 g/mol. The van der Waals surface area contributed by atoms with Crippen LogP contribution in [-0.4, -0.2) is 36.6 Å². The zero-order valence-electron chi connectivity index (χ0n) is 8.39. The Morgan fingerprint density at radius 2 is 1.36 bits per heavy atom. The van der Waals surface area contributed by atoms with Gasteiger partial charge in [-0.25, -0.2) is 0 Å². The Morgan fingerprint density at radius 3 is 1.55 bits per heavy atom. The van der Waals surface area contributed by atoms with E-state index in [-0.39, 0.29) is 0 Å². The van der Waals surface area contributed by atoms with E-state index in [4.69, 9.17) is 0 Å². The van der Waals surface area contributed by atoms with Gasteiger partial charge in [-0.1, -0.05) is 20.8 Å². The number of nitrogens with zero attached hydrogens (tertiary/aromatic N) is 2. The maximum Gasteiger partial charge on any atom is 0.212 e. The largest absolute Gasteiger partial charge is 0.212 e. The second-order valence-corrected chi connectivity index (χ2v) is 4.74. The fourth-order valence-corrected chi connectivity index (χ4v) is 1.52. The molecule has 1 aliphatic heterocycles. The van der Waals surface area contributed by atoms with Gasteiger partial charge < -0.3 is 0 Å². The quantitative estimate of drug-likeness (QED) is 0.468. The summed E-state index contributed by atoms with van der Waals surface area (Å²) < 4.78 is 4.60. The van der Waals surface area contributed by atoms with Crippen LogP contribution < -0.4 is 0 Å². The highest BCUT2D eigenvalue weighted by molar-refractivity contribution is 4.72. The lowest BCUT2D eigenvalue weighted by atomic mass is 9.81. The Balaban J connectivity index is 2.62. The van der Waals surface area contributed by atoms with Crippen molar-refractivity contribution in [2.45, 2.75) is 20.8 Å². The molecule has 2 nitrogen and oxygen atoms in total. The van der Waals surface area contributed by atoms with Crippen molar-refractivity contribution in [1.29, 1.82) is 0 Å². The van der Waals surface area contributed by atoms with Crippen LogP contribution in [0.5, 0.6) is 0 Å². The molecule has 2 heteroatoms. The van der Waals surface area contributed by atoms with E-state index in [9.17, 15) is 0 Å². The molecule has 1 rings (SSSR count). The van der Waals surface area contributed by atoms with Crippen LogP contribution in [0.4, 0.5) is 0 Å². The summed E-state index contributed by atoms with van der Waals surface area (Å²) >= 11 is 0. The van der Waals surface area contributed by atoms with Crippen molar-refractivity contribution in [1.82, 2.24) is 0 Å². The lowest BCUT2D eigenvalue weighted by Gasteiger charge is -2.20. The molecule has 64 valence electrons. The predicted molar refractivity (Wildman–Crippen MR) is 45.0 cm³/mol. The number of hydrogen-bond donors (Lipinski definition) is 0. The minimum Gasteiger partial charge on any atom is -0.0594 e. The van der Waals surface area contributed by atoms with Crippen LogP contribution in [0, 0.1) is 11.3 Å². The molecule has 0 aliphatic carbocycles. The van der Waals surface area contributed by atoms with Gasteiger partial charge in [0.15, 0.2) is 14.1 Å². The van der Waals surface area contributed by atoms with Crippen LogP contribution >= 0.6 is 0 Å². The van der Waals surface area contributed by atoms with Crippen molar-refractivity contribution in [3.63, 3.8) is 0 Å². The van der Waals surface area contributed by atoms with E-state index in [0.717, 1.165) is 5.92 Å². The summed E-state index contributed by atoms with van der Waals surface area (Å²) in [4.78, 5) is 0. The highest BCUT2D eigenvalue weighted by Gasteiger charge is 2.39. The third-order valence-corrected chi connectivity index (χ3v) is 2.78. The standard InChI is InChI=1S/C9H20N2/c1-9(2,3)8-6-10(4)11(5)7-8/h8H,6-7H2,1-5H3/q+2. The van der Waals surface area contributed by atoms with Gasteiger partial charge in [0.1, 0.15) is 0 Å². The van der Waals surface area contributed by atoms with Crippen molar-refractivity contribution < 1.29 is 9.39 Å². The Morgan fingerprint density at radius 1 is 1.00 bits per heavy atom. The molecule has 0 radical (unpaired) electrons. The van der Waals surface area contributed by atoms with Gasteiger partial charge in [0.25, 0.3) is 0 Å². The molecule has 0 N–H and O–H groups in total. The third-order valence-electron chi connectivity index (χ3n) is 2.78. The van der Waals surface area contributed by atoms with Crippen molar-refractivity contribution >= 4 is 0 Å². The normalized spacial score (nSPS) is 21.5. The first-order chi connectivity index (χ1) is 4.91. The zero-order chi connectivity index (χ0) is 8.65. The van der Waals surface area contributed by atoms with E-state index in [1.165, 1.54) is 13.1 Å². The maximum absolute atomic E-state index is 2.32. The number of azo groups is 4. The van der Waals surface area contributed by atoms with Gasteiger partial charge in [-0.2, -0.15) is 0 Å². The Bertz CT molecular complexity index is 172. The van der Waals surface area contributed by atoms with Crippen molar-refractivity contribution in [3.8, 4) is 0 Å². The summed E-state index contributed by atoms with van der Waals surface area (Å²) in [5.74, 6) is 0.817. The summed E-state index contributed by atoms with van der Waals surface area (Å²) in [7, 11) is 4.32. The average Bonchev–Trinajstić information content (AvgIpc) is 2.11. The molecule has 0 aromatic rings. The predicted octanol–water partition coefficient (Wildman–Crippen LogP) is 1.40. The lowest BCUT2D eigenvalue weighted by molar-refractivity contribution is -0.981. The van der Waals surface area contributed by atoms with Gasteiger partial charge in [0, 0.05) is 0 Å². The monoisotopic (exact) mass is 156 g/mol.